The lowest BCUT2D eigenvalue weighted by atomic mass is 9.78. The van der Waals surface area contributed by atoms with E-state index in [1.165, 1.54) is 14.0 Å². The van der Waals surface area contributed by atoms with Crippen LogP contribution < -0.4 is 0 Å². The Balaban J connectivity index is 2.10. The van der Waals surface area contributed by atoms with Gasteiger partial charge in [-0.15, -0.1) is 0 Å². The number of hydrogen-bond acceptors (Lipinski definition) is 13. The maximum atomic E-state index is 13.3. The number of aliphatic hydroxyl groups excluding tert-OH is 2. The first-order valence-electron chi connectivity index (χ1n) is 18.9. The predicted molar refractivity (Wildman–Crippen MR) is 195 cm³/mol. The molecule has 0 aromatic rings. The Hall–Kier alpha value is -2.23. The molecule has 0 bridgehead atoms. The highest BCUT2D eigenvalue weighted by molar-refractivity contribution is 5.72. The summed E-state index contributed by atoms with van der Waals surface area (Å²) in [5.74, 6) is -2.13. The van der Waals surface area contributed by atoms with Gasteiger partial charge in [-0.25, -0.2) is 0 Å². The molecule has 0 aromatic carbocycles. The summed E-state index contributed by atoms with van der Waals surface area (Å²) in [5, 5.41) is 22.6. The molecule has 1 saturated heterocycles. The van der Waals surface area contributed by atoms with Crippen LogP contribution >= 0.6 is 0 Å². The molecule has 2 N–H and O–H groups in total. The molecule has 52 heavy (non-hydrogen) atoms. The van der Waals surface area contributed by atoms with Crippen molar-refractivity contribution in [3.05, 3.63) is 24.3 Å². The molecule has 13 heteroatoms. The van der Waals surface area contributed by atoms with Gasteiger partial charge in [0.15, 0.2) is 6.29 Å². The minimum atomic E-state index is -1.12. The van der Waals surface area contributed by atoms with Gasteiger partial charge in [0.2, 0.25) is 0 Å². The van der Waals surface area contributed by atoms with Gasteiger partial charge in [-0.3, -0.25) is 9.59 Å². The Morgan fingerprint density at radius 2 is 1.62 bits per heavy atom. The minimum Gasteiger partial charge on any atom is -0.462 e. The highest BCUT2D eigenvalue weighted by Crippen LogP contribution is 2.37. The number of cyclic esters (lactones) is 1. The largest absolute Gasteiger partial charge is 0.462 e. The molecule has 1 aliphatic carbocycles. The van der Waals surface area contributed by atoms with Gasteiger partial charge in [-0.1, -0.05) is 38.2 Å². The molecule has 0 unspecified atom stereocenters. The summed E-state index contributed by atoms with van der Waals surface area (Å²) in [6, 6.07) is -0.330. The fourth-order valence-corrected chi connectivity index (χ4v) is 7.98. The lowest BCUT2D eigenvalue weighted by Gasteiger charge is -2.47. The van der Waals surface area contributed by atoms with E-state index in [-0.39, 0.29) is 30.8 Å². The number of rotatable bonds is 10. The van der Waals surface area contributed by atoms with E-state index >= 15 is 0 Å². The van der Waals surface area contributed by atoms with Gasteiger partial charge in [-0.2, -0.15) is 0 Å². The van der Waals surface area contributed by atoms with Crippen LogP contribution in [0.5, 0.6) is 0 Å². The number of hydrogen-bond donors (Lipinski definition) is 2. The standard InChI is InChI=1S/C39H66N2O11/c1-23-18-28(16-17-42)38(52-31-19-24(2)36(45)35(37(31)46)41(8)9)39(47-10)32(50-27(5)43)22-33(44)48-25(3)14-12-11-13-15-30(23)51-34-21-29(40(6)7)20-26(4)49-34/h11-13,15,17,23-26,28-32,34-39,45-46H,14,16,18-22H2,1-10H3/b12-11+,15-13+/t23-,24-,25+,26-,28+,29-,30+,31+,32+,34-,35-,36+,37+,38-,39-/m1/s1. The van der Waals surface area contributed by atoms with E-state index in [9.17, 15) is 24.6 Å². The summed E-state index contributed by atoms with van der Waals surface area (Å²) in [7, 11) is 9.14. The first-order chi connectivity index (χ1) is 24.6. The average Bonchev–Trinajstić information content (AvgIpc) is 3.04. The Bertz CT molecular complexity index is 1180. The van der Waals surface area contributed by atoms with Crippen molar-refractivity contribution in [1.29, 1.82) is 0 Å². The fraction of sp³-hybridized carbons (Fsp3) is 0.821. The Morgan fingerprint density at radius 1 is 0.904 bits per heavy atom. The third-order valence-electron chi connectivity index (χ3n) is 10.8. The molecular formula is C39H66N2O11. The smallest absolute Gasteiger partial charge is 0.309 e. The molecule has 1 saturated carbocycles. The van der Waals surface area contributed by atoms with Gasteiger partial charge in [0.1, 0.15) is 24.6 Å². The number of methoxy groups -OCH3 is 1. The topological polar surface area (TPSA) is 154 Å². The maximum Gasteiger partial charge on any atom is 0.309 e. The minimum absolute atomic E-state index is 0.0100. The molecular weight excluding hydrogens is 672 g/mol. The van der Waals surface area contributed by atoms with Crippen LogP contribution in [0.4, 0.5) is 0 Å². The number of nitrogens with zero attached hydrogens (tertiary/aromatic N) is 2. The first kappa shape index (κ1) is 44.2. The van der Waals surface area contributed by atoms with Gasteiger partial charge in [0, 0.05) is 39.3 Å². The van der Waals surface area contributed by atoms with E-state index in [1.807, 2.05) is 45.1 Å². The van der Waals surface area contributed by atoms with Crippen LogP contribution in [-0.2, 0) is 42.8 Å². The van der Waals surface area contributed by atoms with Crippen molar-refractivity contribution >= 4 is 18.2 Å². The van der Waals surface area contributed by atoms with Crippen LogP contribution in [0.2, 0.25) is 0 Å². The molecule has 3 rings (SSSR count). The summed E-state index contributed by atoms with van der Waals surface area (Å²) >= 11 is 0. The summed E-state index contributed by atoms with van der Waals surface area (Å²) in [5.41, 5.74) is 0. The average molecular weight is 739 g/mol. The molecule has 3 aliphatic rings. The lowest BCUT2D eigenvalue weighted by molar-refractivity contribution is -0.224. The van der Waals surface area contributed by atoms with Crippen LogP contribution in [-0.4, -0.2) is 147 Å². The Kier molecular flexibility index (Phi) is 17.9. The molecule has 2 heterocycles. The molecule has 0 aromatic heterocycles. The summed E-state index contributed by atoms with van der Waals surface area (Å²) in [4.78, 5) is 42.1. The molecule has 0 radical (unpaired) electrons. The van der Waals surface area contributed by atoms with Crippen molar-refractivity contribution in [2.75, 3.05) is 35.3 Å². The van der Waals surface area contributed by atoms with E-state index < -0.39 is 79.0 Å². The zero-order valence-electron chi connectivity index (χ0n) is 33.0. The van der Waals surface area contributed by atoms with Crippen molar-refractivity contribution in [3.8, 4) is 0 Å². The number of likely N-dealkylation sites (N-methyl/N-ethyl adjacent to an activating group) is 1. The molecule has 298 valence electrons. The monoisotopic (exact) mass is 738 g/mol. The van der Waals surface area contributed by atoms with Crippen molar-refractivity contribution < 1.29 is 53.0 Å². The van der Waals surface area contributed by atoms with Crippen LogP contribution in [0, 0.1) is 17.8 Å². The summed E-state index contributed by atoms with van der Waals surface area (Å²) < 4.78 is 37.3. The molecule has 0 spiro atoms. The molecule has 2 fully saturated rings. The van der Waals surface area contributed by atoms with Gasteiger partial charge in [0.25, 0.3) is 0 Å². The quantitative estimate of drug-likeness (QED) is 0.249. The number of esters is 2. The third kappa shape index (κ3) is 12.7. The second kappa shape index (κ2) is 21.0. The molecule has 13 nitrogen and oxygen atoms in total. The van der Waals surface area contributed by atoms with E-state index in [2.05, 4.69) is 19.0 Å². The van der Waals surface area contributed by atoms with E-state index in [4.69, 9.17) is 28.4 Å². The number of aldehydes is 1. The number of allylic oxidation sites excluding steroid dienone is 2. The van der Waals surface area contributed by atoms with Gasteiger partial charge in [0.05, 0.1) is 49.1 Å². The zero-order valence-corrected chi connectivity index (χ0v) is 33.0. The number of ether oxygens (including phenoxy) is 6. The Labute approximate surface area is 310 Å². The number of aliphatic hydroxyl groups is 2. The second-order valence-electron chi connectivity index (χ2n) is 15.6. The van der Waals surface area contributed by atoms with Crippen LogP contribution in [0.25, 0.3) is 0 Å². The highest BCUT2D eigenvalue weighted by Gasteiger charge is 2.48. The van der Waals surface area contributed by atoms with Crippen molar-refractivity contribution in [3.63, 3.8) is 0 Å². The molecule has 15 atom stereocenters. The van der Waals surface area contributed by atoms with Crippen molar-refractivity contribution in [2.45, 2.75) is 153 Å². The number of carbonyl (C=O) groups excluding carboxylic acids is 3. The van der Waals surface area contributed by atoms with E-state index in [1.54, 1.807) is 25.9 Å². The van der Waals surface area contributed by atoms with Crippen molar-refractivity contribution in [2.24, 2.45) is 17.8 Å². The predicted octanol–water partition coefficient (Wildman–Crippen LogP) is 3.29. The fourth-order valence-electron chi connectivity index (χ4n) is 7.98. The van der Waals surface area contributed by atoms with Gasteiger partial charge in [-0.05, 0) is 79.1 Å². The SMILES string of the molecule is CO[C@H]1[C@H](O[C@H]2C[C@@H](C)[C@H](O)[C@@H](N(C)C)[C@H]2O)[C@@H](CC=O)C[C@@H](C)[C@@H](O[C@@H]2C[C@H](N(C)C)C[C@@H](C)O2)/C=C/C=C/C[C@H](C)OC(=O)C[C@@H]1OC(C)=O. The van der Waals surface area contributed by atoms with E-state index in [0.717, 1.165) is 12.7 Å². The third-order valence-corrected chi connectivity index (χ3v) is 10.8. The number of carbonyl (C=O) groups is 3. The first-order valence-corrected chi connectivity index (χ1v) is 18.9. The normalized spacial score (nSPS) is 41.3. The van der Waals surface area contributed by atoms with Crippen molar-refractivity contribution in [1.82, 2.24) is 9.80 Å². The van der Waals surface area contributed by atoms with Gasteiger partial charge < -0.3 is 53.2 Å². The summed E-state index contributed by atoms with van der Waals surface area (Å²) in [6.07, 6.45) is 4.00. The molecule has 0 amide bonds. The zero-order chi connectivity index (χ0) is 38.7. The van der Waals surface area contributed by atoms with Gasteiger partial charge >= 0.3 is 11.9 Å². The summed E-state index contributed by atoms with van der Waals surface area (Å²) in [6.45, 7) is 9.04. The maximum absolute atomic E-state index is 13.3. The van der Waals surface area contributed by atoms with Crippen LogP contribution in [0.1, 0.15) is 79.6 Å². The Morgan fingerprint density at radius 3 is 2.23 bits per heavy atom. The lowest BCUT2D eigenvalue weighted by Crippen LogP contribution is -2.61. The van der Waals surface area contributed by atoms with Crippen LogP contribution in [0.3, 0.4) is 0 Å². The molecule has 2 aliphatic heterocycles. The van der Waals surface area contributed by atoms with E-state index in [0.29, 0.717) is 31.7 Å². The highest BCUT2D eigenvalue weighted by atomic mass is 16.7. The van der Waals surface area contributed by atoms with Crippen LogP contribution in [0.15, 0.2) is 24.3 Å². The second-order valence-corrected chi connectivity index (χ2v) is 15.6.